The number of aryl methyl sites for hydroxylation is 1. The van der Waals surface area contributed by atoms with Crippen LogP contribution in [0.4, 0.5) is 5.82 Å². The Kier molecular flexibility index (Phi) is 3.63. The number of nitrogens with zero attached hydrogens (tertiary/aromatic N) is 2. The zero-order valence-corrected chi connectivity index (χ0v) is 12.1. The van der Waals surface area contributed by atoms with Crippen molar-refractivity contribution >= 4 is 37.7 Å². The summed E-state index contributed by atoms with van der Waals surface area (Å²) in [6.45, 7) is 2.01. The van der Waals surface area contributed by atoms with E-state index in [0.29, 0.717) is 21.9 Å². The molecule has 0 bridgehead atoms. The summed E-state index contributed by atoms with van der Waals surface area (Å²) in [6, 6.07) is 5.79. The monoisotopic (exact) mass is 357 g/mol. The molecule has 0 aliphatic heterocycles. The highest BCUT2D eigenvalue weighted by Crippen LogP contribution is 2.34. The van der Waals surface area contributed by atoms with Gasteiger partial charge in [-0.3, -0.25) is 0 Å². The van der Waals surface area contributed by atoms with Gasteiger partial charge in [-0.2, -0.15) is 0 Å². The van der Waals surface area contributed by atoms with E-state index in [4.69, 9.17) is 10.5 Å². The lowest BCUT2D eigenvalue weighted by molar-refractivity contribution is 0.455. The van der Waals surface area contributed by atoms with E-state index in [1.165, 1.54) is 6.33 Å². The fraction of sp³-hybridized carbons (Fsp3) is 0.0909. The summed E-state index contributed by atoms with van der Waals surface area (Å²) in [4.78, 5) is 7.86. The quantitative estimate of drug-likeness (QED) is 0.889. The zero-order valence-electron chi connectivity index (χ0n) is 8.95. The van der Waals surface area contributed by atoms with Crippen LogP contribution in [0.1, 0.15) is 5.56 Å². The molecule has 1 aromatic carbocycles. The molecule has 0 unspecified atom stereocenters. The number of nitrogens with two attached hydrogens (primary N) is 1. The summed E-state index contributed by atoms with van der Waals surface area (Å²) in [5.74, 6) is 1.41. The van der Waals surface area contributed by atoms with E-state index in [9.17, 15) is 0 Å². The second-order valence-electron chi connectivity index (χ2n) is 3.41. The first kappa shape index (κ1) is 12.3. The highest BCUT2D eigenvalue weighted by molar-refractivity contribution is 9.11. The molecule has 2 rings (SSSR count). The van der Waals surface area contributed by atoms with Crippen LogP contribution in [0, 0.1) is 6.92 Å². The normalized spacial score (nSPS) is 10.3. The molecule has 1 heterocycles. The first-order valence-electron chi connectivity index (χ1n) is 4.78. The number of nitrogen functional groups attached to an aromatic ring is 1. The minimum Gasteiger partial charge on any atom is -0.436 e. The van der Waals surface area contributed by atoms with E-state index >= 15 is 0 Å². The Hall–Kier alpha value is -1.14. The summed E-state index contributed by atoms with van der Waals surface area (Å²) >= 11 is 6.72. The maximum atomic E-state index is 5.65. The lowest BCUT2D eigenvalue weighted by Gasteiger charge is -2.09. The number of aromatic nitrogens is 2. The molecule has 2 N–H and O–H groups in total. The molecular weight excluding hydrogens is 350 g/mol. The molecule has 0 saturated heterocycles. The molecule has 0 atom stereocenters. The fourth-order valence-electron chi connectivity index (χ4n) is 1.23. The number of ether oxygens (including phenoxy) is 1. The smallest absolute Gasteiger partial charge is 0.238 e. The van der Waals surface area contributed by atoms with Gasteiger partial charge in [0.2, 0.25) is 5.88 Å². The zero-order chi connectivity index (χ0) is 12.4. The molecule has 88 valence electrons. The van der Waals surface area contributed by atoms with E-state index < -0.39 is 0 Å². The second kappa shape index (κ2) is 5.01. The Morgan fingerprint density at radius 2 is 2.00 bits per heavy atom. The van der Waals surface area contributed by atoms with Crippen molar-refractivity contribution in [1.82, 2.24) is 9.97 Å². The van der Waals surface area contributed by atoms with Crippen LogP contribution in [0.2, 0.25) is 0 Å². The van der Waals surface area contributed by atoms with Crippen LogP contribution >= 0.6 is 31.9 Å². The van der Waals surface area contributed by atoms with Gasteiger partial charge in [-0.15, -0.1) is 0 Å². The first-order valence-corrected chi connectivity index (χ1v) is 6.36. The molecule has 6 heteroatoms. The Balaban J connectivity index is 2.35. The van der Waals surface area contributed by atoms with Gasteiger partial charge in [0, 0.05) is 0 Å². The van der Waals surface area contributed by atoms with Crippen molar-refractivity contribution in [2.24, 2.45) is 0 Å². The van der Waals surface area contributed by atoms with Gasteiger partial charge in [-0.05, 0) is 56.5 Å². The molecule has 2 aromatic rings. The van der Waals surface area contributed by atoms with Gasteiger partial charge in [-0.25, -0.2) is 9.97 Å². The van der Waals surface area contributed by atoms with Gasteiger partial charge in [-0.1, -0.05) is 6.07 Å². The number of hydrogen-bond acceptors (Lipinski definition) is 4. The molecule has 1 aromatic heterocycles. The van der Waals surface area contributed by atoms with Gasteiger partial charge in [0.05, 0.1) is 4.47 Å². The Morgan fingerprint density at radius 1 is 1.24 bits per heavy atom. The number of benzene rings is 1. The number of rotatable bonds is 2. The third-order valence-electron chi connectivity index (χ3n) is 2.08. The molecule has 0 aliphatic rings. The van der Waals surface area contributed by atoms with Crippen molar-refractivity contribution in [3.8, 4) is 11.6 Å². The summed E-state index contributed by atoms with van der Waals surface area (Å²) < 4.78 is 7.06. The second-order valence-corrected chi connectivity index (χ2v) is 5.06. The first-order chi connectivity index (χ1) is 8.08. The van der Waals surface area contributed by atoms with Crippen LogP contribution in [-0.4, -0.2) is 9.97 Å². The van der Waals surface area contributed by atoms with E-state index in [0.717, 1.165) is 10.0 Å². The maximum Gasteiger partial charge on any atom is 0.238 e. The van der Waals surface area contributed by atoms with E-state index in [1.807, 2.05) is 25.1 Å². The number of anilines is 1. The van der Waals surface area contributed by atoms with Gasteiger partial charge >= 0.3 is 0 Å². The standard InChI is InChI=1S/C11H9Br2N3O/c1-6-2-3-8(7(12)4-6)17-11-9(13)10(14)15-5-16-11/h2-5H,1H3,(H2,14,15,16). The van der Waals surface area contributed by atoms with Crippen LogP contribution in [0.25, 0.3) is 0 Å². The molecule has 4 nitrogen and oxygen atoms in total. The van der Waals surface area contributed by atoms with Crippen LogP contribution in [0.5, 0.6) is 11.6 Å². The Bertz CT molecular complexity index is 560. The van der Waals surface area contributed by atoms with Crippen molar-refractivity contribution in [2.75, 3.05) is 5.73 Å². The highest BCUT2D eigenvalue weighted by Gasteiger charge is 2.10. The third-order valence-corrected chi connectivity index (χ3v) is 3.44. The number of hydrogen-bond donors (Lipinski definition) is 1. The van der Waals surface area contributed by atoms with Crippen LogP contribution in [-0.2, 0) is 0 Å². The predicted molar refractivity (Wildman–Crippen MR) is 73.1 cm³/mol. The van der Waals surface area contributed by atoms with Crippen molar-refractivity contribution in [3.63, 3.8) is 0 Å². The lowest BCUT2D eigenvalue weighted by atomic mass is 10.2. The molecular formula is C11H9Br2N3O. The molecule has 0 saturated carbocycles. The molecule has 0 radical (unpaired) electrons. The molecule has 17 heavy (non-hydrogen) atoms. The fourth-order valence-corrected chi connectivity index (χ4v) is 2.09. The Morgan fingerprint density at radius 3 is 2.71 bits per heavy atom. The van der Waals surface area contributed by atoms with E-state index in [2.05, 4.69) is 41.8 Å². The summed E-state index contributed by atoms with van der Waals surface area (Å²) in [7, 11) is 0. The van der Waals surface area contributed by atoms with Gasteiger partial charge < -0.3 is 10.5 Å². The predicted octanol–water partition coefficient (Wildman–Crippen LogP) is 3.68. The van der Waals surface area contributed by atoms with Gasteiger partial charge in [0.25, 0.3) is 0 Å². The summed E-state index contributed by atoms with van der Waals surface area (Å²) in [6.07, 6.45) is 1.36. The van der Waals surface area contributed by atoms with E-state index in [1.54, 1.807) is 0 Å². The minimum absolute atomic E-state index is 0.346. The summed E-state index contributed by atoms with van der Waals surface area (Å²) in [5.41, 5.74) is 6.79. The number of halogens is 2. The largest absolute Gasteiger partial charge is 0.436 e. The van der Waals surface area contributed by atoms with E-state index in [-0.39, 0.29) is 0 Å². The Labute approximate surface area is 115 Å². The van der Waals surface area contributed by atoms with Crippen molar-refractivity contribution in [3.05, 3.63) is 39.0 Å². The lowest BCUT2D eigenvalue weighted by Crippen LogP contribution is -1.97. The minimum atomic E-state index is 0.346. The molecule has 0 aliphatic carbocycles. The van der Waals surface area contributed by atoms with Crippen LogP contribution < -0.4 is 10.5 Å². The summed E-state index contributed by atoms with van der Waals surface area (Å²) in [5, 5.41) is 0. The average Bonchev–Trinajstić information content (AvgIpc) is 2.28. The molecule has 0 spiro atoms. The third kappa shape index (κ3) is 2.76. The van der Waals surface area contributed by atoms with Crippen molar-refractivity contribution in [1.29, 1.82) is 0 Å². The van der Waals surface area contributed by atoms with Crippen LogP contribution in [0.15, 0.2) is 33.5 Å². The van der Waals surface area contributed by atoms with Gasteiger partial charge in [0.1, 0.15) is 22.4 Å². The topological polar surface area (TPSA) is 61.0 Å². The molecule has 0 fully saturated rings. The molecule has 0 amide bonds. The van der Waals surface area contributed by atoms with Crippen molar-refractivity contribution < 1.29 is 4.74 Å². The maximum absolute atomic E-state index is 5.65. The van der Waals surface area contributed by atoms with Crippen LogP contribution in [0.3, 0.4) is 0 Å². The average molecular weight is 359 g/mol. The van der Waals surface area contributed by atoms with Crippen molar-refractivity contribution in [2.45, 2.75) is 6.92 Å². The SMILES string of the molecule is Cc1ccc(Oc2ncnc(N)c2Br)c(Br)c1. The van der Waals surface area contributed by atoms with Gasteiger partial charge in [0.15, 0.2) is 0 Å². The highest BCUT2D eigenvalue weighted by atomic mass is 79.9.